The van der Waals surface area contributed by atoms with Crippen molar-refractivity contribution in [3.05, 3.63) is 41.0 Å². The summed E-state index contributed by atoms with van der Waals surface area (Å²) in [5.74, 6) is -1.37. The molecule has 0 saturated heterocycles. The Morgan fingerprint density at radius 2 is 2.06 bits per heavy atom. The molecule has 1 aliphatic rings. The van der Waals surface area contributed by atoms with Gasteiger partial charge in [0, 0.05) is 17.6 Å². The molecular weight excluding hydrogens is 232 g/mol. The zero-order valence-electron chi connectivity index (χ0n) is 9.92. The van der Waals surface area contributed by atoms with Crippen molar-refractivity contribution in [3.8, 4) is 11.5 Å². The monoisotopic (exact) mass is 246 g/mol. The molecule has 0 fully saturated rings. The molecule has 1 atom stereocenters. The summed E-state index contributed by atoms with van der Waals surface area (Å²) < 4.78 is 0. The SMILES string of the molecule is CC1=CC(c2c(C=CC(=O)O)ccc(O)c2O)C1. The summed E-state index contributed by atoms with van der Waals surface area (Å²) in [6.45, 7) is 1.99. The van der Waals surface area contributed by atoms with Crippen LogP contribution in [0.4, 0.5) is 0 Å². The fraction of sp³-hybridized carbons (Fsp3) is 0.214. The first-order valence-corrected chi connectivity index (χ1v) is 5.62. The van der Waals surface area contributed by atoms with Gasteiger partial charge in [0.15, 0.2) is 11.5 Å². The van der Waals surface area contributed by atoms with E-state index in [9.17, 15) is 15.0 Å². The summed E-state index contributed by atoms with van der Waals surface area (Å²) in [4.78, 5) is 10.5. The number of phenols is 2. The topological polar surface area (TPSA) is 77.8 Å². The number of aliphatic carboxylic acids is 1. The first-order chi connectivity index (χ1) is 8.49. The van der Waals surface area contributed by atoms with Gasteiger partial charge in [-0.05, 0) is 31.1 Å². The summed E-state index contributed by atoms with van der Waals surface area (Å²) >= 11 is 0. The van der Waals surface area contributed by atoms with E-state index in [1.807, 2.05) is 13.0 Å². The van der Waals surface area contributed by atoms with Gasteiger partial charge in [0.25, 0.3) is 0 Å². The number of carboxylic acid groups (broad SMARTS) is 1. The third-order valence-corrected chi connectivity index (χ3v) is 3.03. The minimum absolute atomic E-state index is 0.0329. The van der Waals surface area contributed by atoms with E-state index in [-0.39, 0.29) is 17.4 Å². The second kappa shape index (κ2) is 4.56. The summed E-state index contributed by atoms with van der Waals surface area (Å²) in [7, 11) is 0. The maximum Gasteiger partial charge on any atom is 0.328 e. The van der Waals surface area contributed by atoms with Gasteiger partial charge in [-0.2, -0.15) is 0 Å². The van der Waals surface area contributed by atoms with Crippen LogP contribution in [0.15, 0.2) is 29.9 Å². The number of carbonyl (C=O) groups is 1. The Bertz CT molecular complexity index is 555. The number of aromatic hydroxyl groups is 2. The van der Waals surface area contributed by atoms with Gasteiger partial charge in [0.2, 0.25) is 0 Å². The van der Waals surface area contributed by atoms with E-state index in [0.717, 1.165) is 12.5 Å². The molecule has 0 radical (unpaired) electrons. The molecule has 18 heavy (non-hydrogen) atoms. The minimum Gasteiger partial charge on any atom is -0.504 e. The van der Waals surface area contributed by atoms with Gasteiger partial charge in [-0.3, -0.25) is 0 Å². The molecule has 1 aliphatic carbocycles. The van der Waals surface area contributed by atoms with Crippen molar-refractivity contribution in [2.75, 3.05) is 0 Å². The summed E-state index contributed by atoms with van der Waals surface area (Å²) in [5.41, 5.74) is 2.41. The van der Waals surface area contributed by atoms with Crippen molar-refractivity contribution in [2.24, 2.45) is 0 Å². The van der Waals surface area contributed by atoms with Crippen LogP contribution in [0, 0.1) is 0 Å². The molecule has 1 unspecified atom stereocenters. The van der Waals surface area contributed by atoms with E-state index in [1.165, 1.54) is 17.7 Å². The lowest BCUT2D eigenvalue weighted by molar-refractivity contribution is -0.131. The number of rotatable bonds is 3. The zero-order chi connectivity index (χ0) is 13.3. The van der Waals surface area contributed by atoms with Crippen molar-refractivity contribution in [3.63, 3.8) is 0 Å². The third kappa shape index (κ3) is 2.22. The molecule has 3 N–H and O–H groups in total. The van der Waals surface area contributed by atoms with Crippen LogP contribution >= 0.6 is 0 Å². The first-order valence-electron chi connectivity index (χ1n) is 5.62. The maximum atomic E-state index is 10.5. The Labute approximate surface area is 105 Å². The predicted molar refractivity (Wildman–Crippen MR) is 67.6 cm³/mol. The third-order valence-electron chi connectivity index (χ3n) is 3.03. The molecular formula is C14H14O4. The summed E-state index contributed by atoms with van der Waals surface area (Å²) in [5, 5.41) is 28.1. The molecule has 0 saturated carbocycles. The van der Waals surface area contributed by atoms with Gasteiger partial charge in [-0.15, -0.1) is 0 Å². The van der Waals surface area contributed by atoms with E-state index < -0.39 is 5.97 Å². The normalized spacial score (nSPS) is 18.5. The van der Waals surface area contributed by atoms with Gasteiger partial charge in [-0.1, -0.05) is 17.7 Å². The van der Waals surface area contributed by atoms with E-state index in [0.29, 0.717) is 11.1 Å². The van der Waals surface area contributed by atoms with E-state index in [1.54, 1.807) is 6.07 Å². The molecule has 1 aromatic rings. The quantitative estimate of drug-likeness (QED) is 0.435. The Morgan fingerprint density at radius 3 is 2.61 bits per heavy atom. The number of phenolic OH excluding ortho intramolecular Hbond substituents is 2. The number of carboxylic acids is 1. The van der Waals surface area contributed by atoms with Crippen molar-refractivity contribution < 1.29 is 20.1 Å². The Kier molecular flexibility index (Phi) is 3.10. The minimum atomic E-state index is -1.05. The molecule has 4 heteroatoms. The van der Waals surface area contributed by atoms with Crippen LogP contribution in [-0.2, 0) is 4.79 Å². The van der Waals surface area contributed by atoms with Crippen LogP contribution in [-0.4, -0.2) is 21.3 Å². The van der Waals surface area contributed by atoms with Gasteiger partial charge in [0.1, 0.15) is 0 Å². The van der Waals surface area contributed by atoms with Crippen LogP contribution in [0.25, 0.3) is 6.08 Å². The maximum absolute atomic E-state index is 10.5. The van der Waals surface area contributed by atoms with Crippen LogP contribution < -0.4 is 0 Å². The Morgan fingerprint density at radius 1 is 1.39 bits per heavy atom. The highest BCUT2D eigenvalue weighted by atomic mass is 16.4. The van der Waals surface area contributed by atoms with Gasteiger partial charge >= 0.3 is 5.97 Å². The van der Waals surface area contributed by atoms with Crippen LogP contribution in [0.2, 0.25) is 0 Å². The standard InChI is InChI=1S/C14H14O4/c1-8-6-10(7-8)13-9(3-5-12(16)17)2-4-11(15)14(13)18/h2-6,10,15,18H,7H2,1H3,(H,16,17). The van der Waals surface area contributed by atoms with Crippen LogP contribution in [0.1, 0.15) is 30.4 Å². The van der Waals surface area contributed by atoms with Crippen molar-refractivity contribution in [2.45, 2.75) is 19.3 Å². The fourth-order valence-corrected chi connectivity index (χ4v) is 2.15. The molecule has 0 bridgehead atoms. The highest BCUT2D eigenvalue weighted by molar-refractivity contribution is 5.86. The number of benzene rings is 1. The Hall–Kier alpha value is -2.23. The van der Waals surface area contributed by atoms with E-state index >= 15 is 0 Å². The smallest absolute Gasteiger partial charge is 0.328 e. The van der Waals surface area contributed by atoms with Crippen molar-refractivity contribution in [1.29, 1.82) is 0 Å². The van der Waals surface area contributed by atoms with Gasteiger partial charge < -0.3 is 15.3 Å². The average Bonchev–Trinajstić information content (AvgIpc) is 2.27. The number of allylic oxidation sites excluding steroid dienone is 2. The summed E-state index contributed by atoms with van der Waals surface area (Å²) in [6, 6.07) is 2.96. The van der Waals surface area contributed by atoms with Gasteiger partial charge in [-0.25, -0.2) is 4.79 Å². The molecule has 4 nitrogen and oxygen atoms in total. The second-order valence-corrected chi connectivity index (χ2v) is 4.43. The van der Waals surface area contributed by atoms with Crippen LogP contribution in [0.5, 0.6) is 11.5 Å². The molecule has 0 heterocycles. The predicted octanol–water partition coefficient (Wildman–Crippen LogP) is 2.63. The highest BCUT2D eigenvalue weighted by Gasteiger charge is 2.24. The lowest BCUT2D eigenvalue weighted by Gasteiger charge is -2.26. The molecule has 94 valence electrons. The molecule has 2 rings (SSSR count). The molecule has 1 aromatic carbocycles. The molecule has 0 aliphatic heterocycles. The average molecular weight is 246 g/mol. The molecule has 0 aromatic heterocycles. The van der Waals surface area contributed by atoms with Crippen LogP contribution in [0.3, 0.4) is 0 Å². The number of hydrogen-bond donors (Lipinski definition) is 3. The molecule has 0 amide bonds. The lowest BCUT2D eigenvalue weighted by atomic mass is 9.79. The van der Waals surface area contributed by atoms with Crippen molar-refractivity contribution in [1.82, 2.24) is 0 Å². The largest absolute Gasteiger partial charge is 0.504 e. The first kappa shape index (κ1) is 12.2. The summed E-state index contributed by atoms with van der Waals surface area (Å²) in [6.07, 6.45) is 5.25. The lowest BCUT2D eigenvalue weighted by Crippen LogP contribution is -2.08. The zero-order valence-corrected chi connectivity index (χ0v) is 9.92. The fourth-order valence-electron chi connectivity index (χ4n) is 2.15. The highest BCUT2D eigenvalue weighted by Crippen LogP contribution is 2.44. The number of hydrogen-bond acceptors (Lipinski definition) is 3. The Balaban J connectivity index is 2.46. The van der Waals surface area contributed by atoms with Crippen molar-refractivity contribution >= 4 is 12.0 Å². The molecule has 0 spiro atoms. The second-order valence-electron chi connectivity index (χ2n) is 4.43. The van der Waals surface area contributed by atoms with E-state index in [4.69, 9.17) is 5.11 Å². The van der Waals surface area contributed by atoms with E-state index in [2.05, 4.69) is 0 Å². The van der Waals surface area contributed by atoms with Gasteiger partial charge in [0.05, 0.1) is 0 Å².